The summed E-state index contributed by atoms with van der Waals surface area (Å²) in [6.45, 7) is 0.389. The zero-order valence-electron chi connectivity index (χ0n) is 10.9. The van der Waals surface area contributed by atoms with Gasteiger partial charge in [0.25, 0.3) is 0 Å². The molecule has 2 aromatic rings. The Hall–Kier alpha value is -2.37. The number of alkyl halides is 2. The molecule has 0 amide bonds. The Labute approximate surface area is 114 Å². The number of para-hydroxylation sites is 2. The third kappa shape index (κ3) is 2.49. The van der Waals surface area contributed by atoms with Crippen LogP contribution in [-0.4, -0.2) is 22.3 Å². The molecule has 0 aliphatic heterocycles. The minimum atomic E-state index is -2.94. The molecule has 106 valence electrons. The van der Waals surface area contributed by atoms with E-state index in [0.717, 1.165) is 0 Å². The van der Waals surface area contributed by atoms with Crippen molar-refractivity contribution in [1.29, 1.82) is 0 Å². The second-order valence-corrected chi connectivity index (χ2v) is 4.27. The van der Waals surface area contributed by atoms with Gasteiger partial charge in [0.2, 0.25) is 0 Å². The fraction of sp³-hybridized carbons (Fsp3) is 0.214. The normalized spacial score (nSPS) is 10.8. The van der Waals surface area contributed by atoms with Crippen molar-refractivity contribution in [3.63, 3.8) is 0 Å². The molecule has 1 aromatic heterocycles. The fourth-order valence-corrected chi connectivity index (χ4v) is 2.19. The molecular formula is C14H13F2NO3. The number of hydrogen-bond acceptors (Lipinski definition) is 2. The van der Waals surface area contributed by atoms with Gasteiger partial charge in [-0.3, -0.25) is 0 Å². The zero-order valence-corrected chi connectivity index (χ0v) is 10.9. The van der Waals surface area contributed by atoms with Crippen LogP contribution in [0.25, 0.3) is 5.69 Å². The number of aryl methyl sites for hydroxylation is 1. The van der Waals surface area contributed by atoms with E-state index in [2.05, 4.69) is 4.74 Å². The lowest BCUT2D eigenvalue weighted by molar-refractivity contribution is -0.0498. The van der Waals surface area contributed by atoms with Gasteiger partial charge in [0.1, 0.15) is 5.75 Å². The Morgan fingerprint density at radius 3 is 2.50 bits per heavy atom. The Morgan fingerprint density at radius 2 is 1.95 bits per heavy atom. The van der Waals surface area contributed by atoms with Gasteiger partial charge in [0.05, 0.1) is 11.3 Å². The number of carbonyl (C=O) groups is 1. The molecule has 6 heteroatoms. The van der Waals surface area contributed by atoms with E-state index in [-0.39, 0.29) is 11.3 Å². The first-order chi connectivity index (χ1) is 9.41. The maximum Gasteiger partial charge on any atom is 0.387 e. The average molecular weight is 281 g/mol. The number of carboxylic acid groups (broad SMARTS) is 1. The fourth-order valence-electron chi connectivity index (χ4n) is 2.19. The second kappa shape index (κ2) is 5.32. The zero-order chi connectivity index (χ0) is 14.9. The van der Waals surface area contributed by atoms with Gasteiger partial charge in [0, 0.05) is 11.4 Å². The smallest absolute Gasteiger partial charge is 0.387 e. The van der Waals surface area contributed by atoms with E-state index in [9.17, 15) is 13.6 Å². The van der Waals surface area contributed by atoms with E-state index in [1.54, 1.807) is 36.6 Å². The quantitative estimate of drug-likeness (QED) is 0.934. The van der Waals surface area contributed by atoms with E-state index in [4.69, 9.17) is 5.11 Å². The molecule has 0 aliphatic carbocycles. The van der Waals surface area contributed by atoms with Crippen LogP contribution < -0.4 is 4.74 Å². The SMILES string of the molecule is Cc1cc(C(=O)O)c(C)n1-c1ccccc1OC(F)F. The first kappa shape index (κ1) is 14.0. The van der Waals surface area contributed by atoms with Crippen LogP contribution in [0.3, 0.4) is 0 Å². The van der Waals surface area contributed by atoms with Crippen LogP contribution in [0.5, 0.6) is 5.75 Å². The minimum Gasteiger partial charge on any atom is -0.478 e. The van der Waals surface area contributed by atoms with Crippen LogP contribution >= 0.6 is 0 Å². The number of ether oxygens (including phenoxy) is 1. The molecule has 2 rings (SSSR count). The van der Waals surface area contributed by atoms with Crippen molar-refractivity contribution in [2.24, 2.45) is 0 Å². The van der Waals surface area contributed by atoms with Gasteiger partial charge in [-0.05, 0) is 32.0 Å². The first-order valence-electron chi connectivity index (χ1n) is 5.88. The number of aromatic nitrogens is 1. The lowest BCUT2D eigenvalue weighted by Crippen LogP contribution is -2.08. The third-order valence-corrected chi connectivity index (χ3v) is 2.98. The Kier molecular flexibility index (Phi) is 3.74. The summed E-state index contributed by atoms with van der Waals surface area (Å²) in [6, 6.07) is 7.77. The van der Waals surface area contributed by atoms with Crippen molar-refractivity contribution in [3.8, 4) is 11.4 Å². The standard InChI is InChI=1S/C14H13F2NO3/c1-8-7-10(13(18)19)9(2)17(8)11-5-3-4-6-12(11)20-14(15)16/h3-7,14H,1-2H3,(H,18,19). The summed E-state index contributed by atoms with van der Waals surface area (Å²) in [6.07, 6.45) is 0. The molecule has 1 aromatic carbocycles. The molecule has 0 spiro atoms. The van der Waals surface area contributed by atoms with Crippen LogP contribution in [0, 0.1) is 13.8 Å². The predicted molar refractivity (Wildman–Crippen MR) is 68.8 cm³/mol. The summed E-state index contributed by atoms with van der Waals surface area (Å²) < 4.78 is 30.9. The van der Waals surface area contributed by atoms with Crippen LogP contribution in [0.15, 0.2) is 30.3 Å². The van der Waals surface area contributed by atoms with Crippen molar-refractivity contribution < 1.29 is 23.4 Å². The maximum absolute atomic E-state index is 12.4. The molecule has 0 aliphatic rings. The summed E-state index contributed by atoms with van der Waals surface area (Å²) in [4.78, 5) is 11.1. The van der Waals surface area contributed by atoms with Crippen molar-refractivity contribution in [1.82, 2.24) is 4.57 Å². The van der Waals surface area contributed by atoms with E-state index in [0.29, 0.717) is 17.1 Å². The average Bonchev–Trinajstić information content (AvgIpc) is 2.65. The summed E-state index contributed by atoms with van der Waals surface area (Å²) in [5.74, 6) is -1.06. The Bertz CT molecular complexity index is 650. The first-order valence-corrected chi connectivity index (χ1v) is 5.88. The molecular weight excluding hydrogens is 268 g/mol. The van der Waals surface area contributed by atoms with Gasteiger partial charge < -0.3 is 14.4 Å². The summed E-state index contributed by atoms with van der Waals surface area (Å²) in [5.41, 5.74) is 1.61. The van der Waals surface area contributed by atoms with Gasteiger partial charge in [-0.1, -0.05) is 12.1 Å². The number of nitrogens with zero attached hydrogens (tertiary/aromatic N) is 1. The highest BCUT2D eigenvalue weighted by Crippen LogP contribution is 2.29. The van der Waals surface area contributed by atoms with Crippen LogP contribution in [0.4, 0.5) is 8.78 Å². The van der Waals surface area contributed by atoms with Gasteiger partial charge in [0.15, 0.2) is 0 Å². The van der Waals surface area contributed by atoms with Gasteiger partial charge >= 0.3 is 12.6 Å². The number of aromatic carboxylic acids is 1. The Balaban J connectivity index is 2.60. The maximum atomic E-state index is 12.4. The van der Waals surface area contributed by atoms with Gasteiger partial charge in [-0.25, -0.2) is 4.79 Å². The molecule has 0 saturated heterocycles. The topological polar surface area (TPSA) is 51.5 Å². The number of rotatable bonds is 4. The largest absolute Gasteiger partial charge is 0.478 e. The summed E-state index contributed by atoms with van der Waals surface area (Å²) in [5, 5.41) is 9.10. The molecule has 0 atom stereocenters. The molecule has 0 bridgehead atoms. The minimum absolute atomic E-state index is 0.00115. The third-order valence-electron chi connectivity index (χ3n) is 2.98. The molecule has 0 saturated carbocycles. The molecule has 0 unspecified atom stereocenters. The van der Waals surface area contributed by atoms with Crippen LogP contribution in [0.1, 0.15) is 21.7 Å². The van der Waals surface area contributed by atoms with Crippen molar-refractivity contribution in [2.75, 3.05) is 0 Å². The van der Waals surface area contributed by atoms with E-state index >= 15 is 0 Å². The van der Waals surface area contributed by atoms with Crippen LogP contribution in [0.2, 0.25) is 0 Å². The number of halogens is 2. The summed E-state index contributed by atoms with van der Waals surface area (Å²) in [7, 11) is 0. The number of hydrogen-bond donors (Lipinski definition) is 1. The van der Waals surface area contributed by atoms with E-state index < -0.39 is 12.6 Å². The highest BCUT2D eigenvalue weighted by Gasteiger charge is 2.18. The molecule has 20 heavy (non-hydrogen) atoms. The Morgan fingerprint density at radius 1 is 1.30 bits per heavy atom. The lowest BCUT2D eigenvalue weighted by Gasteiger charge is -2.14. The highest BCUT2D eigenvalue weighted by molar-refractivity contribution is 5.89. The number of benzene rings is 1. The molecule has 0 radical (unpaired) electrons. The lowest BCUT2D eigenvalue weighted by atomic mass is 10.2. The monoisotopic (exact) mass is 281 g/mol. The molecule has 1 heterocycles. The van der Waals surface area contributed by atoms with Gasteiger partial charge in [-0.2, -0.15) is 8.78 Å². The summed E-state index contributed by atoms with van der Waals surface area (Å²) >= 11 is 0. The second-order valence-electron chi connectivity index (χ2n) is 4.27. The molecule has 1 N–H and O–H groups in total. The van der Waals surface area contributed by atoms with Crippen molar-refractivity contribution >= 4 is 5.97 Å². The van der Waals surface area contributed by atoms with Crippen LogP contribution in [-0.2, 0) is 0 Å². The highest BCUT2D eigenvalue weighted by atomic mass is 19.3. The van der Waals surface area contributed by atoms with Crippen molar-refractivity contribution in [2.45, 2.75) is 20.5 Å². The predicted octanol–water partition coefficient (Wildman–Crippen LogP) is 3.39. The van der Waals surface area contributed by atoms with Crippen molar-refractivity contribution in [3.05, 3.63) is 47.3 Å². The van der Waals surface area contributed by atoms with E-state index in [1.807, 2.05) is 0 Å². The molecule has 0 fully saturated rings. The van der Waals surface area contributed by atoms with E-state index in [1.165, 1.54) is 12.1 Å². The van der Waals surface area contributed by atoms with Gasteiger partial charge in [-0.15, -0.1) is 0 Å². The molecule has 4 nitrogen and oxygen atoms in total. The number of carboxylic acids is 1.